The Morgan fingerprint density at radius 2 is 1.84 bits per heavy atom. The Morgan fingerprint density at radius 1 is 1.21 bits per heavy atom. The fourth-order valence-electron chi connectivity index (χ4n) is 3.19. The number of hydrogen-bond donors (Lipinski definition) is 2. The molecule has 3 N–H and O–H groups in total. The predicted octanol–water partition coefficient (Wildman–Crippen LogP) is 2.62. The Bertz CT molecular complexity index is 451. The highest BCUT2D eigenvalue weighted by Gasteiger charge is 2.26. The zero-order chi connectivity index (χ0) is 14.0. The molecule has 1 aliphatic rings. The third-order valence-electron chi connectivity index (χ3n) is 4.46. The van der Waals surface area contributed by atoms with Gasteiger partial charge < -0.3 is 15.8 Å². The monoisotopic (exact) mass is 262 g/mol. The summed E-state index contributed by atoms with van der Waals surface area (Å²) in [4.78, 5) is 0. The Balaban J connectivity index is 2.39. The number of aryl methyl sites for hydroxylation is 2. The normalized spacial score (nSPS) is 18.4. The molecule has 0 aromatic heterocycles. The van der Waals surface area contributed by atoms with Crippen LogP contribution < -0.4 is 15.8 Å². The lowest BCUT2D eigenvalue weighted by molar-refractivity contribution is 0.312. The molecule has 0 radical (unpaired) electrons. The number of nitrogens with two attached hydrogens (primary N) is 1. The molecule has 0 saturated carbocycles. The van der Waals surface area contributed by atoms with Crippen LogP contribution in [-0.4, -0.2) is 20.2 Å². The second kappa shape index (κ2) is 5.93. The molecule has 3 heteroatoms. The van der Waals surface area contributed by atoms with Crippen LogP contribution in [0.4, 0.5) is 0 Å². The number of rotatable bonds is 3. The SMILES string of the molecule is COc1c(C)c(C)cc(C)c1C(N)C1CCNCC1. The quantitative estimate of drug-likeness (QED) is 0.880. The minimum Gasteiger partial charge on any atom is -0.496 e. The van der Waals surface area contributed by atoms with Gasteiger partial charge in [-0.15, -0.1) is 0 Å². The molecule has 1 atom stereocenters. The van der Waals surface area contributed by atoms with Crippen molar-refractivity contribution in [3.8, 4) is 5.75 Å². The van der Waals surface area contributed by atoms with Crippen molar-refractivity contribution in [2.75, 3.05) is 20.2 Å². The first-order chi connectivity index (χ1) is 9.06. The minimum atomic E-state index is 0.0800. The molecule has 1 aliphatic heterocycles. The van der Waals surface area contributed by atoms with Crippen LogP contribution in [0.1, 0.15) is 41.1 Å². The number of methoxy groups -OCH3 is 1. The highest BCUT2D eigenvalue weighted by atomic mass is 16.5. The predicted molar refractivity (Wildman–Crippen MR) is 79.7 cm³/mol. The first-order valence-electron chi connectivity index (χ1n) is 7.17. The maximum atomic E-state index is 6.56. The first-order valence-corrected chi connectivity index (χ1v) is 7.17. The topological polar surface area (TPSA) is 47.3 Å². The van der Waals surface area contributed by atoms with Crippen molar-refractivity contribution in [1.29, 1.82) is 0 Å². The van der Waals surface area contributed by atoms with E-state index in [2.05, 4.69) is 32.2 Å². The van der Waals surface area contributed by atoms with Crippen LogP contribution in [0, 0.1) is 26.7 Å². The van der Waals surface area contributed by atoms with E-state index in [0.29, 0.717) is 5.92 Å². The zero-order valence-electron chi connectivity index (χ0n) is 12.5. The van der Waals surface area contributed by atoms with Gasteiger partial charge >= 0.3 is 0 Å². The summed E-state index contributed by atoms with van der Waals surface area (Å²) in [7, 11) is 1.75. The average Bonchev–Trinajstić information content (AvgIpc) is 2.42. The number of piperidine rings is 1. The third-order valence-corrected chi connectivity index (χ3v) is 4.46. The van der Waals surface area contributed by atoms with Gasteiger partial charge in [-0.25, -0.2) is 0 Å². The summed E-state index contributed by atoms with van der Waals surface area (Å²) >= 11 is 0. The standard InChI is InChI=1S/C16H26N2O/c1-10-9-11(2)14(16(19-4)12(10)3)15(17)13-5-7-18-8-6-13/h9,13,15,18H,5-8,17H2,1-4H3. The molecule has 106 valence electrons. The molecule has 1 saturated heterocycles. The van der Waals surface area contributed by atoms with E-state index >= 15 is 0 Å². The molecule has 3 nitrogen and oxygen atoms in total. The van der Waals surface area contributed by atoms with E-state index in [1.165, 1.54) is 22.3 Å². The van der Waals surface area contributed by atoms with Crippen molar-refractivity contribution in [1.82, 2.24) is 5.32 Å². The molecule has 0 aliphatic carbocycles. The summed E-state index contributed by atoms with van der Waals surface area (Å²) in [6.45, 7) is 8.54. The minimum absolute atomic E-state index is 0.0800. The highest BCUT2D eigenvalue weighted by Crippen LogP contribution is 2.38. The average molecular weight is 262 g/mol. The largest absolute Gasteiger partial charge is 0.496 e. The molecule has 1 aromatic rings. The van der Waals surface area contributed by atoms with E-state index in [0.717, 1.165) is 31.7 Å². The van der Waals surface area contributed by atoms with Gasteiger partial charge in [0.25, 0.3) is 0 Å². The molecule has 1 unspecified atom stereocenters. The molecule has 0 amide bonds. The summed E-state index contributed by atoms with van der Waals surface area (Å²) in [6.07, 6.45) is 2.30. The van der Waals surface area contributed by atoms with Crippen LogP contribution in [0.5, 0.6) is 5.75 Å². The van der Waals surface area contributed by atoms with Gasteiger partial charge in [0.2, 0.25) is 0 Å². The van der Waals surface area contributed by atoms with Crippen LogP contribution in [0.15, 0.2) is 6.07 Å². The van der Waals surface area contributed by atoms with E-state index < -0.39 is 0 Å². The molecule has 1 aromatic carbocycles. The van der Waals surface area contributed by atoms with Crippen LogP contribution >= 0.6 is 0 Å². The number of nitrogens with one attached hydrogen (secondary N) is 1. The van der Waals surface area contributed by atoms with Gasteiger partial charge in [-0.1, -0.05) is 6.07 Å². The summed E-state index contributed by atoms with van der Waals surface area (Å²) < 4.78 is 5.65. The molecular weight excluding hydrogens is 236 g/mol. The first kappa shape index (κ1) is 14.4. The van der Waals surface area contributed by atoms with Crippen molar-refractivity contribution < 1.29 is 4.74 Å². The highest BCUT2D eigenvalue weighted by molar-refractivity contribution is 5.51. The molecule has 19 heavy (non-hydrogen) atoms. The molecule has 1 fully saturated rings. The lowest BCUT2D eigenvalue weighted by Crippen LogP contribution is -2.34. The van der Waals surface area contributed by atoms with Gasteiger partial charge in [0.05, 0.1) is 7.11 Å². The van der Waals surface area contributed by atoms with Crippen LogP contribution in [0.25, 0.3) is 0 Å². The Kier molecular flexibility index (Phi) is 4.48. The summed E-state index contributed by atoms with van der Waals surface area (Å²) in [6, 6.07) is 2.31. The molecular formula is C16H26N2O. The fraction of sp³-hybridized carbons (Fsp3) is 0.625. The van der Waals surface area contributed by atoms with E-state index in [-0.39, 0.29) is 6.04 Å². The second-order valence-corrected chi connectivity index (χ2v) is 5.70. The Labute approximate surface area is 116 Å². The smallest absolute Gasteiger partial charge is 0.127 e. The maximum Gasteiger partial charge on any atom is 0.127 e. The van der Waals surface area contributed by atoms with Crippen LogP contribution in [0.3, 0.4) is 0 Å². The van der Waals surface area contributed by atoms with Gasteiger partial charge in [0.1, 0.15) is 5.75 Å². The van der Waals surface area contributed by atoms with Crippen molar-refractivity contribution in [2.45, 2.75) is 39.7 Å². The van der Waals surface area contributed by atoms with Crippen molar-refractivity contribution in [2.24, 2.45) is 11.7 Å². The van der Waals surface area contributed by atoms with Crippen LogP contribution in [-0.2, 0) is 0 Å². The Hall–Kier alpha value is -1.06. The van der Waals surface area contributed by atoms with Crippen molar-refractivity contribution >= 4 is 0 Å². The summed E-state index contributed by atoms with van der Waals surface area (Å²) in [5.74, 6) is 1.54. The fourth-order valence-corrected chi connectivity index (χ4v) is 3.19. The molecule has 0 bridgehead atoms. The van der Waals surface area contributed by atoms with E-state index in [1.54, 1.807) is 7.11 Å². The van der Waals surface area contributed by atoms with E-state index in [1.807, 2.05) is 0 Å². The lowest BCUT2D eigenvalue weighted by atomic mass is 9.83. The van der Waals surface area contributed by atoms with Gasteiger partial charge in [-0.05, 0) is 69.3 Å². The third kappa shape index (κ3) is 2.77. The number of ether oxygens (including phenoxy) is 1. The number of benzene rings is 1. The summed E-state index contributed by atoms with van der Waals surface area (Å²) in [5, 5.41) is 3.40. The number of hydrogen-bond acceptors (Lipinski definition) is 3. The zero-order valence-corrected chi connectivity index (χ0v) is 12.5. The van der Waals surface area contributed by atoms with Gasteiger partial charge in [-0.3, -0.25) is 0 Å². The van der Waals surface area contributed by atoms with Crippen molar-refractivity contribution in [3.63, 3.8) is 0 Å². The molecule has 2 rings (SSSR count). The second-order valence-electron chi connectivity index (χ2n) is 5.70. The molecule has 0 spiro atoms. The Morgan fingerprint density at radius 3 is 2.42 bits per heavy atom. The van der Waals surface area contributed by atoms with Crippen LogP contribution in [0.2, 0.25) is 0 Å². The van der Waals surface area contributed by atoms with Gasteiger partial charge in [0.15, 0.2) is 0 Å². The van der Waals surface area contributed by atoms with Crippen molar-refractivity contribution in [3.05, 3.63) is 28.3 Å². The van der Waals surface area contributed by atoms with Gasteiger partial charge in [0, 0.05) is 11.6 Å². The maximum absolute atomic E-state index is 6.56. The summed E-state index contributed by atoms with van der Waals surface area (Å²) in [5.41, 5.74) is 11.5. The van der Waals surface area contributed by atoms with Gasteiger partial charge in [-0.2, -0.15) is 0 Å². The lowest BCUT2D eigenvalue weighted by Gasteiger charge is -2.31. The van der Waals surface area contributed by atoms with E-state index in [9.17, 15) is 0 Å². The van der Waals surface area contributed by atoms with E-state index in [4.69, 9.17) is 10.5 Å². The molecule has 1 heterocycles.